The van der Waals surface area contributed by atoms with Gasteiger partial charge in [-0.05, 0) is 73.8 Å². The van der Waals surface area contributed by atoms with Crippen molar-refractivity contribution in [3.63, 3.8) is 0 Å². The molecule has 0 radical (unpaired) electrons. The number of halogens is 3. The van der Waals surface area contributed by atoms with Crippen LogP contribution in [0, 0.1) is 12.8 Å². The highest BCUT2D eigenvalue weighted by Gasteiger charge is 2.32. The molecule has 1 aliphatic rings. The number of benzene rings is 1. The Morgan fingerprint density at radius 3 is 2.32 bits per heavy atom. The fourth-order valence-electron chi connectivity index (χ4n) is 4.47. The first kappa shape index (κ1) is 23.7. The lowest BCUT2D eigenvalue weighted by Gasteiger charge is -2.28. The summed E-state index contributed by atoms with van der Waals surface area (Å²) in [6, 6.07) is 12.2. The minimum absolute atomic E-state index is 0.254. The van der Waals surface area contributed by atoms with E-state index in [0.717, 1.165) is 54.8 Å². The van der Waals surface area contributed by atoms with E-state index in [1.807, 2.05) is 19.1 Å². The molecule has 0 saturated heterocycles. The third-order valence-electron chi connectivity index (χ3n) is 6.28. The Morgan fingerprint density at radius 2 is 1.76 bits per heavy atom. The summed E-state index contributed by atoms with van der Waals surface area (Å²) in [6.45, 7) is 1.90. The summed E-state index contributed by atoms with van der Waals surface area (Å²) in [4.78, 5) is 14.4. The van der Waals surface area contributed by atoms with Crippen molar-refractivity contribution in [2.75, 3.05) is 5.32 Å². The van der Waals surface area contributed by atoms with Gasteiger partial charge in [0, 0.05) is 12.0 Å². The van der Waals surface area contributed by atoms with Crippen molar-refractivity contribution in [3.05, 3.63) is 65.5 Å². The van der Waals surface area contributed by atoms with Crippen LogP contribution in [-0.4, -0.2) is 26.3 Å². The van der Waals surface area contributed by atoms with Crippen molar-refractivity contribution in [2.24, 2.45) is 5.92 Å². The van der Waals surface area contributed by atoms with Gasteiger partial charge in [-0.3, -0.25) is 4.79 Å². The number of aromatic nitrogens is 3. The van der Waals surface area contributed by atoms with Gasteiger partial charge in [0.25, 0.3) is 0 Å². The molecule has 0 atom stereocenters. The molecule has 1 aromatic carbocycles. The summed E-state index contributed by atoms with van der Waals surface area (Å²) in [6.07, 6.45) is 0.750. The number of anilines is 2. The summed E-state index contributed by atoms with van der Waals surface area (Å²) in [7, 11) is 0. The second-order valence-corrected chi connectivity index (χ2v) is 8.75. The lowest BCUT2D eigenvalue weighted by Crippen LogP contribution is -2.16. The van der Waals surface area contributed by atoms with Crippen LogP contribution < -0.4 is 5.32 Å². The van der Waals surface area contributed by atoms with E-state index in [2.05, 4.69) is 32.6 Å². The number of aliphatic carboxylic acids is 1. The molecule has 2 N–H and O–H groups in total. The highest BCUT2D eigenvalue weighted by atomic mass is 19.4. The molecule has 9 heteroatoms. The second-order valence-electron chi connectivity index (χ2n) is 8.75. The average Bonchev–Trinajstić information content (AvgIpc) is 2.79. The predicted molar refractivity (Wildman–Crippen MR) is 122 cm³/mol. The summed E-state index contributed by atoms with van der Waals surface area (Å²) in [5, 5.41) is 20.4. The zero-order valence-electron chi connectivity index (χ0n) is 18.6. The van der Waals surface area contributed by atoms with E-state index in [-0.39, 0.29) is 12.3 Å². The maximum atomic E-state index is 12.7. The number of hydrogen-bond donors (Lipinski definition) is 2. The summed E-state index contributed by atoms with van der Waals surface area (Å²) in [5.74, 6) is 0.408. The Kier molecular flexibility index (Phi) is 6.81. The molecule has 0 bridgehead atoms. The van der Waals surface area contributed by atoms with E-state index in [4.69, 9.17) is 5.11 Å². The van der Waals surface area contributed by atoms with Gasteiger partial charge in [-0.2, -0.15) is 13.2 Å². The van der Waals surface area contributed by atoms with Crippen molar-refractivity contribution < 1.29 is 23.1 Å². The molecule has 0 aliphatic heterocycles. The van der Waals surface area contributed by atoms with Crippen LogP contribution in [-0.2, 0) is 11.0 Å². The van der Waals surface area contributed by atoms with Crippen LogP contribution in [0.15, 0.2) is 48.7 Å². The van der Waals surface area contributed by atoms with Crippen LogP contribution in [0.3, 0.4) is 0 Å². The van der Waals surface area contributed by atoms with Crippen LogP contribution >= 0.6 is 0 Å². The van der Waals surface area contributed by atoms with E-state index in [9.17, 15) is 18.0 Å². The molecular formula is C25H25F3N4O2. The fraction of sp³-hybridized carbons (Fsp3) is 0.360. The molecule has 0 unspecified atom stereocenters. The molecule has 2 heterocycles. The highest BCUT2D eigenvalue weighted by molar-refractivity contribution is 5.67. The minimum Gasteiger partial charge on any atom is -0.481 e. The summed E-state index contributed by atoms with van der Waals surface area (Å²) < 4.78 is 38.0. The number of nitrogens with zero attached hydrogens (tertiary/aromatic N) is 3. The lowest BCUT2D eigenvalue weighted by atomic mass is 9.77. The number of carboxylic acids is 1. The van der Waals surface area contributed by atoms with Crippen molar-refractivity contribution in [1.82, 2.24) is 15.2 Å². The number of hydrogen-bond acceptors (Lipinski definition) is 5. The number of alkyl halides is 3. The predicted octanol–water partition coefficient (Wildman–Crippen LogP) is 6.36. The number of carboxylic acid groups (broad SMARTS) is 1. The smallest absolute Gasteiger partial charge is 0.433 e. The minimum atomic E-state index is -4.48. The molecule has 1 fully saturated rings. The number of rotatable bonds is 6. The average molecular weight is 470 g/mol. The summed E-state index contributed by atoms with van der Waals surface area (Å²) >= 11 is 0. The van der Waals surface area contributed by atoms with E-state index in [1.165, 1.54) is 11.6 Å². The van der Waals surface area contributed by atoms with Gasteiger partial charge < -0.3 is 10.4 Å². The standard InChI is InChI=1S/C25H25F3N4O2/c1-15-12-22(30-20-10-11-21(29-14-20)25(26,27)28)31-32-24(15)19-8-6-18(7-9-19)17-4-2-16(3-5-17)13-23(33)34/h6-12,14,16-17H,2-5,13H2,1H3,(H,30,31)(H,33,34)/t16-,17-. The maximum Gasteiger partial charge on any atom is 0.433 e. The van der Waals surface area contributed by atoms with Gasteiger partial charge in [-0.15, -0.1) is 10.2 Å². The van der Waals surface area contributed by atoms with E-state index in [0.29, 0.717) is 17.4 Å². The molecule has 1 saturated carbocycles. The molecule has 0 amide bonds. The van der Waals surface area contributed by atoms with Crippen molar-refractivity contribution >= 4 is 17.5 Å². The zero-order chi connectivity index (χ0) is 24.3. The van der Waals surface area contributed by atoms with Crippen molar-refractivity contribution in [2.45, 2.75) is 51.1 Å². The molecule has 178 valence electrons. The molecule has 0 spiro atoms. The molecule has 2 aromatic heterocycles. The summed E-state index contributed by atoms with van der Waals surface area (Å²) in [5.41, 5.74) is 3.21. The molecule has 1 aliphatic carbocycles. The molecule has 3 aromatic rings. The van der Waals surface area contributed by atoms with E-state index < -0.39 is 17.8 Å². The first-order valence-electron chi connectivity index (χ1n) is 11.2. The molecule has 4 rings (SSSR count). The van der Waals surface area contributed by atoms with Gasteiger partial charge in [-0.25, -0.2) is 4.98 Å². The van der Waals surface area contributed by atoms with Crippen molar-refractivity contribution in [1.29, 1.82) is 0 Å². The van der Waals surface area contributed by atoms with Gasteiger partial charge in [0.1, 0.15) is 5.69 Å². The molecular weight excluding hydrogens is 445 g/mol. The Labute approximate surface area is 195 Å². The van der Waals surface area contributed by atoms with Gasteiger partial charge in [0.2, 0.25) is 0 Å². The van der Waals surface area contributed by atoms with E-state index in [1.54, 1.807) is 6.07 Å². The second kappa shape index (κ2) is 9.79. The zero-order valence-corrected chi connectivity index (χ0v) is 18.6. The Bertz CT molecular complexity index is 1140. The highest BCUT2D eigenvalue weighted by Crippen LogP contribution is 2.37. The quantitative estimate of drug-likeness (QED) is 0.436. The van der Waals surface area contributed by atoms with Gasteiger partial charge in [0.15, 0.2) is 5.82 Å². The fourth-order valence-corrected chi connectivity index (χ4v) is 4.47. The van der Waals surface area contributed by atoms with Gasteiger partial charge in [-0.1, -0.05) is 24.3 Å². The van der Waals surface area contributed by atoms with Crippen molar-refractivity contribution in [3.8, 4) is 11.3 Å². The number of aryl methyl sites for hydroxylation is 1. The first-order valence-corrected chi connectivity index (χ1v) is 11.2. The first-order chi connectivity index (χ1) is 16.2. The molecule has 34 heavy (non-hydrogen) atoms. The number of nitrogens with one attached hydrogen (secondary N) is 1. The lowest BCUT2D eigenvalue weighted by molar-refractivity contribution is -0.141. The van der Waals surface area contributed by atoms with Gasteiger partial charge >= 0.3 is 12.1 Å². The largest absolute Gasteiger partial charge is 0.481 e. The monoisotopic (exact) mass is 470 g/mol. The Hall–Kier alpha value is -3.49. The topological polar surface area (TPSA) is 88.0 Å². The third kappa shape index (κ3) is 5.70. The number of pyridine rings is 1. The Balaban J connectivity index is 1.40. The SMILES string of the molecule is Cc1cc(Nc2ccc(C(F)(F)F)nc2)nnc1-c1ccc([C@H]2CC[C@H](CC(=O)O)CC2)cc1. The number of carbonyl (C=O) groups is 1. The van der Waals surface area contributed by atoms with Crippen LogP contribution in [0.25, 0.3) is 11.3 Å². The Morgan fingerprint density at radius 1 is 1.06 bits per heavy atom. The third-order valence-corrected chi connectivity index (χ3v) is 6.28. The van der Waals surface area contributed by atoms with Crippen LogP contribution in [0.1, 0.15) is 54.8 Å². The molecule has 6 nitrogen and oxygen atoms in total. The normalized spacial score (nSPS) is 18.5. The van der Waals surface area contributed by atoms with Crippen LogP contribution in [0.5, 0.6) is 0 Å². The van der Waals surface area contributed by atoms with E-state index >= 15 is 0 Å². The van der Waals surface area contributed by atoms with Gasteiger partial charge in [0.05, 0.1) is 17.6 Å². The van der Waals surface area contributed by atoms with Crippen LogP contribution in [0.2, 0.25) is 0 Å². The van der Waals surface area contributed by atoms with Crippen LogP contribution in [0.4, 0.5) is 24.7 Å². The maximum absolute atomic E-state index is 12.7.